The molecule has 4 rings (SSSR count). The number of H-pyrrole nitrogens is 1. The van der Waals surface area contributed by atoms with Gasteiger partial charge in [0.05, 0.1) is 12.7 Å². The van der Waals surface area contributed by atoms with Crippen molar-refractivity contribution in [3.8, 4) is 28.2 Å². The fourth-order valence-electron chi connectivity index (χ4n) is 4.20. The van der Waals surface area contributed by atoms with E-state index in [0.717, 1.165) is 12.8 Å². The van der Waals surface area contributed by atoms with E-state index in [1.54, 1.807) is 31.2 Å². The molecule has 1 amide bonds. The van der Waals surface area contributed by atoms with E-state index in [9.17, 15) is 14.4 Å². The van der Waals surface area contributed by atoms with Gasteiger partial charge >= 0.3 is 5.97 Å². The molecule has 4 aromatic rings. The smallest absolute Gasteiger partial charge is 0.338 e. The standard InChI is InChI=1S/C26H26N6O4/c1-4-5-8-16-13-21(26(35)36-3)15(2)25(34)32(16)17-11-12-19(22(14-17)23(27)33)18-9-6-7-10-20(18)24-28-30-31-29-24/h6-7,9-14H,4-5,8H2,1-3H3,(H2,27,33)(H,28,29,30,31). The average molecular weight is 487 g/mol. The predicted molar refractivity (Wildman–Crippen MR) is 134 cm³/mol. The molecule has 2 heterocycles. The number of primary amides is 1. The van der Waals surface area contributed by atoms with Gasteiger partial charge in [0.1, 0.15) is 0 Å². The molecule has 184 valence electrons. The zero-order chi connectivity index (χ0) is 25.8. The number of nitrogens with zero attached hydrogens (tertiary/aromatic N) is 4. The van der Waals surface area contributed by atoms with Crippen LogP contribution in [0.5, 0.6) is 0 Å². The lowest BCUT2D eigenvalue weighted by Gasteiger charge is -2.18. The van der Waals surface area contributed by atoms with Gasteiger partial charge in [-0.3, -0.25) is 14.2 Å². The fourth-order valence-corrected chi connectivity index (χ4v) is 4.20. The molecule has 10 heteroatoms. The van der Waals surface area contributed by atoms with Crippen molar-refractivity contribution in [3.63, 3.8) is 0 Å². The molecule has 0 aliphatic heterocycles. The summed E-state index contributed by atoms with van der Waals surface area (Å²) in [6.07, 6.45) is 2.26. The highest BCUT2D eigenvalue weighted by molar-refractivity contribution is 6.02. The number of unbranched alkanes of at least 4 members (excludes halogenated alkanes) is 1. The second kappa shape index (κ2) is 10.3. The van der Waals surface area contributed by atoms with Crippen LogP contribution in [0.1, 0.15) is 51.7 Å². The maximum Gasteiger partial charge on any atom is 0.338 e. The van der Waals surface area contributed by atoms with Crippen molar-refractivity contribution in [3.05, 3.63) is 81.3 Å². The van der Waals surface area contributed by atoms with Crippen molar-refractivity contribution in [1.82, 2.24) is 25.2 Å². The highest BCUT2D eigenvalue weighted by atomic mass is 16.5. The Morgan fingerprint density at radius 3 is 2.44 bits per heavy atom. The monoisotopic (exact) mass is 486 g/mol. The number of aromatic amines is 1. The number of nitrogens with two attached hydrogens (primary N) is 1. The number of amides is 1. The Labute approximate surface area is 207 Å². The molecule has 2 aromatic heterocycles. The minimum absolute atomic E-state index is 0.227. The van der Waals surface area contributed by atoms with E-state index in [1.807, 2.05) is 31.2 Å². The first-order valence-corrected chi connectivity index (χ1v) is 11.5. The van der Waals surface area contributed by atoms with Crippen LogP contribution in [0, 0.1) is 6.92 Å². The second-order valence-electron chi connectivity index (χ2n) is 8.29. The first-order chi connectivity index (χ1) is 17.4. The molecule has 0 unspecified atom stereocenters. The molecule has 0 saturated carbocycles. The molecular weight excluding hydrogens is 460 g/mol. The summed E-state index contributed by atoms with van der Waals surface area (Å²) in [4.78, 5) is 38.3. The van der Waals surface area contributed by atoms with E-state index >= 15 is 0 Å². The van der Waals surface area contributed by atoms with Crippen LogP contribution in [0.15, 0.2) is 53.3 Å². The van der Waals surface area contributed by atoms with Crippen molar-refractivity contribution in [2.75, 3.05) is 7.11 Å². The summed E-state index contributed by atoms with van der Waals surface area (Å²) < 4.78 is 6.40. The van der Waals surface area contributed by atoms with E-state index in [4.69, 9.17) is 10.5 Å². The molecule has 0 fully saturated rings. The Morgan fingerprint density at radius 1 is 1.06 bits per heavy atom. The summed E-state index contributed by atoms with van der Waals surface area (Å²) in [6.45, 7) is 3.62. The Morgan fingerprint density at radius 2 is 1.81 bits per heavy atom. The highest BCUT2D eigenvalue weighted by Gasteiger charge is 2.21. The number of esters is 1. The van der Waals surface area contributed by atoms with Gasteiger partial charge in [0.2, 0.25) is 11.7 Å². The van der Waals surface area contributed by atoms with E-state index in [-0.39, 0.29) is 22.2 Å². The molecule has 36 heavy (non-hydrogen) atoms. The van der Waals surface area contributed by atoms with E-state index in [0.29, 0.717) is 40.3 Å². The maximum absolute atomic E-state index is 13.5. The number of hydrogen-bond acceptors (Lipinski definition) is 7. The van der Waals surface area contributed by atoms with Crippen molar-refractivity contribution in [2.45, 2.75) is 33.1 Å². The number of aromatic nitrogens is 5. The third-order valence-electron chi connectivity index (χ3n) is 6.05. The Bertz CT molecular complexity index is 1490. The number of benzene rings is 2. The van der Waals surface area contributed by atoms with E-state index < -0.39 is 11.9 Å². The van der Waals surface area contributed by atoms with Crippen LogP contribution in [0.3, 0.4) is 0 Å². The van der Waals surface area contributed by atoms with Gasteiger partial charge in [0, 0.05) is 28.1 Å². The van der Waals surface area contributed by atoms with Crippen LogP contribution in [0.2, 0.25) is 0 Å². The first kappa shape index (κ1) is 24.5. The molecule has 0 radical (unpaired) electrons. The quantitative estimate of drug-likeness (QED) is 0.364. The SMILES string of the molecule is CCCCc1cc(C(=O)OC)c(C)c(=O)n1-c1ccc(-c2ccccc2-c2nn[nH]n2)c(C(N)=O)c1. The molecule has 0 spiro atoms. The van der Waals surface area contributed by atoms with Gasteiger partial charge in [-0.15, -0.1) is 10.2 Å². The lowest BCUT2D eigenvalue weighted by atomic mass is 9.94. The van der Waals surface area contributed by atoms with Crippen LogP contribution in [0.25, 0.3) is 28.2 Å². The molecule has 2 aromatic carbocycles. The molecule has 0 aliphatic carbocycles. The zero-order valence-electron chi connectivity index (χ0n) is 20.2. The third kappa shape index (κ3) is 4.52. The van der Waals surface area contributed by atoms with Crippen molar-refractivity contribution >= 4 is 11.9 Å². The molecule has 10 nitrogen and oxygen atoms in total. The number of tetrazole rings is 1. The van der Waals surface area contributed by atoms with Gasteiger partial charge < -0.3 is 10.5 Å². The number of pyridine rings is 1. The number of rotatable bonds is 8. The molecular formula is C26H26N6O4. The molecule has 0 bridgehead atoms. The minimum Gasteiger partial charge on any atom is -0.465 e. The van der Waals surface area contributed by atoms with Gasteiger partial charge in [0.25, 0.3) is 5.56 Å². The third-order valence-corrected chi connectivity index (χ3v) is 6.05. The lowest BCUT2D eigenvalue weighted by molar-refractivity contribution is 0.0599. The van der Waals surface area contributed by atoms with Gasteiger partial charge in [-0.1, -0.05) is 43.7 Å². The summed E-state index contributed by atoms with van der Waals surface area (Å²) in [5, 5.41) is 14.2. The number of methoxy groups -OCH3 is 1. The molecule has 3 N–H and O–H groups in total. The summed E-state index contributed by atoms with van der Waals surface area (Å²) >= 11 is 0. The van der Waals surface area contributed by atoms with Gasteiger partial charge in [-0.05, 0) is 54.3 Å². The number of aryl methyl sites for hydroxylation is 1. The number of ether oxygens (including phenoxy) is 1. The van der Waals surface area contributed by atoms with Crippen LogP contribution in [-0.2, 0) is 11.2 Å². The first-order valence-electron chi connectivity index (χ1n) is 11.5. The largest absolute Gasteiger partial charge is 0.465 e. The Hall–Kier alpha value is -4.60. The van der Waals surface area contributed by atoms with Crippen molar-refractivity contribution in [2.24, 2.45) is 5.73 Å². The maximum atomic E-state index is 13.5. The zero-order valence-corrected chi connectivity index (χ0v) is 20.2. The number of carbonyl (C=O) groups excluding carboxylic acids is 2. The predicted octanol–water partition coefficient (Wildman–Crippen LogP) is 3.22. The van der Waals surface area contributed by atoms with Crippen LogP contribution in [0.4, 0.5) is 0 Å². The number of carbonyl (C=O) groups is 2. The summed E-state index contributed by atoms with van der Waals surface area (Å²) in [7, 11) is 1.28. The molecule has 0 aliphatic rings. The van der Waals surface area contributed by atoms with Gasteiger partial charge in [-0.25, -0.2) is 4.79 Å². The van der Waals surface area contributed by atoms with Crippen LogP contribution in [-0.4, -0.2) is 44.2 Å². The second-order valence-corrected chi connectivity index (χ2v) is 8.29. The minimum atomic E-state index is -0.652. The summed E-state index contributed by atoms with van der Waals surface area (Å²) in [6, 6.07) is 14.1. The summed E-state index contributed by atoms with van der Waals surface area (Å²) in [5.41, 5.74) is 9.19. The molecule has 0 atom stereocenters. The lowest BCUT2D eigenvalue weighted by Crippen LogP contribution is -2.27. The highest BCUT2D eigenvalue weighted by Crippen LogP contribution is 2.33. The van der Waals surface area contributed by atoms with E-state index in [1.165, 1.54) is 11.7 Å². The Balaban J connectivity index is 1.93. The van der Waals surface area contributed by atoms with Crippen LogP contribution < -0.4 is 11.3 Å². The van der Waals surface area contributed by atoms with E-state index in [2.05, 4.69) is 20.6 Å². The fraction of sp³-hybridized carbons (Fsp3) is 0.231. The number of nitrogens with one attached hydrogen (secondary N) is 1. The molecule has 0 saturated heterocycles. The number of hydrogen-bond donors (Lipinski definition) is 2. The topological polar surface area (TPSA) is 146 Å². The Kier molecular flexibility index (Phi) is 7.05. The van der Waals surface area contributed by atoms with Crippen LogP contribution >= 0.6 is 0 Å². The van der Waals surface area contributed by atoms with Crippen molar-refractivity contribution < 1.29 is 14.3 Å². The summed E-state index contributed by atoms with van der Waals surface area (Å²) in [5.74, 6) is -0.848. The normalized spacial score (nSPS) is 10.9. The van der Waals surface area contributed by atoms with Gasteiger partial charge in [-0.2, -0.15) is 5.21 Å². The average Bonchev–Trinajstić information content (AvgIpc) is 3.43. The van der Waals surface area contributed by atoms with Crippen molar-refractivity contribution in [1.29, 1.82) is 0 Å². The van der Waals surface area contributed by atoms with Gasteiger partial charge in [0.15, 0.2) is 0 Å².